The molecule has 3 rings (SSSR count). The molecule has 156 valence electrons. The molecule has 0 saturated carbocycles. The number of benzene rings is 1. The summed E-state index contributed by atoms with van der Waals surface area (Å²) in [4.78, 5) is 32.5. The first-order chi connectivity index (χ1) is 14.3. The topological polar surface area (TPSA) is 88.1 Å². The van der Waals surface area contributed by atoms with Crippen molar-refractivity contribution in [3.63, 3.8) is 0 Å². The second kappa shape index (κ2) is 9.32. The number of pyridine rings is 1. The summed E-state index contributed by atoms with van der Waals surface area (Å²) in [5.74, 6) is -0.782. The highest BCUT2D eigenvalue weighted by Crippen LogP contribution is 2.31. The lowest BCUT2D eigenvalue weighted by molar-refractivity contribution is -0.124. The molecule has 0 aliphatic heterocycles. The minimum absolute atomic E-state index is 0.149. The molecule has 7 nitrogen and oxygen atoms in total. The first-order valence-electron chi connectivity index (χ1n) is 9.40. The molecule has 0 aliphatic rings. The van der Waals surface area contributed by atoms with Gasteiger partial charge in [-0.05, 0) is 56.1 Å². The highest BCUT2D eigenvalue weighted by Gasteiger charge is 2.36. The van der Waals surface area contributed by atoms with Gasteiger partial charge in [-0.3, -0.25) is 19.5 Å². The van der Waals surface area contributed by atoms with Gasteiger partial charge in [0.2, 0.25) is 5.91 Å². The molecule has 3 aromatic rings. The summed E-state index contributed by atoms with van der Waals surface area (Å²) in [5, 5.41) is 8.95. The van der Waals surface area contributed by atoms with Crippen LogP contribution in [0.4, 0.5) is 5.69 Å². The summed E-state index contributed by atoms with van der Waals surface area (Å²) in [7, 11) is 0. The molecule has 0 spiro atoms. The van der Waals surface area contributed by atoms with Crippen LogP contribution in [0.3, 0.4) is 0 Å². The first-order valence-corrected chi connectivity index (χ1v) is 10.6. The van der Waals surface area contributed by atoms with Gasteiger partial charge in [-0.1, -0.05) is 35.1 Å². The van der Waals surface area contributed by atoms with Crippen LogP contribution in [-0.2, 0) is 4.79 Å². The van der Waals surface area contributed by atoms with Crippen LogP contribution in [-0.4, -0.2) is 31.9 Å². The molecule has 1 N–H and O–H groups in total. The largest absolute Gasteiger partial charge is 0.349 e. The molecule has 2 heterocycles. The van der Waals surface area contributed by atoms with Gasteiger partial charge in [0.15, 0.2) is 5.69 Å². The third-order valence-corrected chi connectivity index (χ3v) is 5.48. The second-order valence-corrected chi connectivity index (χ2v) is 8.41. The maximum absolute atomic E-state index is 13.5. The summed E-state index contributed by atoms with van der Waals surface area (Å²) < 4.78 is 3.79. The minimum Gasteiger partial charge on any atom is -0.349 e. The molecule has 0 aliphatic carbocycles. The fraction of sp³-hybridized carbons (Fsp3) is 0.286. The molecule has 0 radical (unpaired) electrons. The molecule has 0 fully saturated rings. The van der Waals surface area contributed by atoms with Crippen molar-refractivity contribution in [2.45, 2.75) is 38.8 Å². The second-order valence-electron chi connectivity index (χ2n) is 7.36. The molecule has 1 aromatic carbocycles. The number of nitrogens with zero attached hydrogens (tertiary/aromatic N) is 4. The average molecular weight is 444 g/mol. The van der Waals surface area contributed by atoms with Gasteiger partial charge < -0.3 is 5.32 Å². The quantitative estimate of drug-likeness (QED) is 0.588. The third kappa shape index (κ3) is 5.01. The van der Waals surface area contributed by atoms with E-state index >= 15 is 0 Å². The Morgan fingerprint density at radius 2 is 2.07 bits per heavy atom. The molecular weight excluding hydrogens is 422 g/mol. The minimum atomic E-state index is -0.975. The number of amides is 2. The number of rotatable bonds is 7. The van der Waals surface area contributed by atoms with Crippen molar-refractivity contribution in [2.24, 2.45) is 0 Å². The summed E-state index contributed by atoms with van der Waals surface area (Å²) in [6, 6.07) is 9.32. The molecule has 0 bridgehead atoms. The van der Waals surface area contributed by atoms with E-state index in [1.54, 1.807) is 54.2 Å². The molecule has 9 heteroatoms. The standard InChI is InChI=1S/C21H22ClN5O2S/c1-4-21(2,3)24-19(28)18(14-7-6-10-23-12-14)27(16-9-5-8-15(22)11-16)20(29)17-13-30-26-25-17/h5-13,18H,4H2,1-3H3,(H,24,28)/t18-/m1/s1. The summed E-state index contributed by atoms with van der Waals surface area (Å²) in [6.45, 7) is 5.85. The zero-order valence-electron chi connectivity index (χ0n) is 16.9. The Hall–Kier alpha value is -2.84. The van der Waals surface area contributed by atoms with Crippen LogP contribution < -0.4 is 10.2 Å². The Balaban J connectivity index is 2.15. The van der Waals surface area contributed by atoms with Crippen molar-refractivity contribution in [1.29, 1.82) is 0 Å². The van der Waals surface area contributed by atoms with Crippen LogP contribution in [0.25, 0.3) is 0 Å². The van der Waals surface area contributed by atoms with Crippen molar-refractivity contribution in [2.75, 3.05) is 4.90 Å². The lowest BCUT2D eigenvalue weighted by atomic mass is 9.99. The Morgan fingerprint density at radius 1 is 1.27 bits per heavy atom. The number of hydrogen-bond acceptors (Lipinski definition) is 6. The number of halogens is 1. The van der Waals surface area contributed by atoms with Crippen LogP contribution in [0, 0.1) is 0 Å². The smallest absolute Gasteiger partial charge is 0.280 e. The van der Waals surface area contributed by atoms with E-state index < -0.39 is 17.5 Å². The fourth-order valence-corrected chi connectivity index (χ4v) is 3.45. The van der Waals surface area contributed by atoms with E-state index in [4.69, 9.17) is 11.6 Å². The first kappa shape index (κ1) is 21.9. The SMILES string of the molecule is CCC(C)(C)NC(=O)[C@@H](c1cccnc1)N(C(=O)c1csnn1)c1cccc(Cl)c1. The molecule has 0 saturated heterocycles. The van der Waals surface area contributed by atoms with Crippen molar-refractivity contribution in [3.05, 3.63) is 70.5 Å². The van der Waals surface area contributed by atoms with Gasteiger partial charge in [-0.15, -0.1) is 5.10 Å². The summed E-state index contributed by atoms with van der Waals surface area (Å²) >= 11 is 7.27. The molecular formula is C21H22ClN5O2S. The summed E-state index contributed by atoms with van der Waals surface area (Å²) in [5.41, 5.74) is 0.733. The lowest BCUT2D eigenvalue weighted by Crippen LogP contribution is -2.50. The van der Waals surface area contributed by atoms with E-state index in [1.165, 1.54) is 4.90 Å². The molecule has 1 atom stereocenters. The van der Waals surface area contributed by atoms with Gasteiger partial charge in [0.25, 0.3) is 5.91 Å². The van der Waals surface area contributed by atoms with Crippen molar-refractivity contribution >= 4 is 40.6 Å². The highest BCUT2D eigenvalue weighted by atomic mass is 35.5. The Labute approximate surface area is 184 Å². The number of nitrogens with one attached hydrogen (secondary N) is 1. The van der Waals surface area contributed by atoms with Crippen LogP contribution in [0.5, 0.6) is 0 Å². The van der Waals surface area contributed by atoms with E-state index in [-0.39, 0.29) is 11.6 Å². The maximum atomic E-state index is 13.5. The normalized spacial score (nSPS) is 12.3. The zero-order valence-corrected chi connectivity index (χ0v) is 18.4. The van der Waals surface area contributed by atoms with E-state index in [0.717, 1.165) is 18.0 Å². The van der Waals surface area contributed by atoms with E-state index in [0.29, 0.717) is 16.3 Å². The lowest BCUT2D eigenvalue weighted by Gasteiger charge is -2.34. The van der Waals surface area contributed by atoms with E-state index in [1.807, 2.05) is 20.8 Å². The van der Waals surface area contributed by atoms with Gasteiger partial charge in [-0.25, -0.2) is 0 Å². The Morgan fingerprint density at radius 3 is 2.67 bits per heavy atom. The van der Waals surface area contributed by atoms with Crippen LogP contribution >= 0.6 is 23.1 Å². The van der Waals surface area contributed by atoms with Gasteiger partial charge in [0.1, 0.15) is 6.04 Å². The van der Waals surface area contributed by atoms with Gasteiger partial charge >= 0.3 is 0 Å². The predicted octanol–water partition coefficient (Wildman–Crippen LogP) is 4.28. The highest BCUT2D eigenvalue weighted by molar-refractivity contribution is 7.03. The predicted molar refractivity (Wildman–Crippen MR) is 118 cm³/mol. The van der Waals surface area contributed by atoms with Gasteiger partial charge in [0.05, 0.1) is 0 Å². The van der Waals surface area contributed by atoms with E-state index in [2.05, 4.69) is 19.9 Å². The number of hydrogen-bond donors (Lipinski definition) is 1. The van der Waals surface area contributed by atoms with Crippen LogP contribution in [0.15, 0.2) is 54.2 Å². The maximum Gasteiger partial charge on any atom is 0.280 e. The van der Waals surface area contributed by atoms with Crippen LogP contribution in [0.2, 0.25) is 5.02 Å². The molecule has 30 heavy (non-hydrogen) atoms. The van der Waals surface area contributed by atoms with Gasteiger partial charge in [-0.2, -0.15) is 0 Å². The number of aromatic nitrogens is 3. The van der Waals surface area contributed by atoms with Gasteiger partial charge in [0, 0.05) is 39.6 Å². The summed E-state index contributed by atoms with van der Waals surface area (Å²) in [6.07, 6.45) is 3.91. The zero-order chi connectivity index (χ0) is 21.7. The number of carbonyl (C=O) groups excluding carboxylic acids is 2. The van der Waals surface area contributed by atoms with Crippen molar-refractivity contribution < 1.29 is 9.59 Å². The molecule has 0 unspecified atom stereocenters. The van der Waals surface area contributed by atoms with Crippen molar-refractivity contribution in [3.8, 4) is 0 Å². The average Bonchev–Trinajstić information content (AvgIpc) is 3.26. The number of anilines is 1. The Bertz CT molecular complexity index is 1010. The number of carbonyl (C=O) groups is 2. The Kier molecular flexibility index (Phi) is 6.79. The van der Waals surface area contributed by atoms with Crippen LogP contribution in [0.1, 0.15) is 49.3 Å². The molecule has 2 amide bonds. The molecule has 2 aromatic heterocycles. The van der Waals surface area contributed by atoms with Crippen molar-refractivity contribution in [1.82, 2.24) is 19.9 Å². The fourth-order valence-electron chi connectivity index (χ4n) is 2.84. The monoisotopic (exact) mass is 443 g/mol. The third-order valence-electron chi connectivity index (χ3n) is 4.74. The van der Waals surface area contributed by atoms with E-state index in [9.17, 15) is 9.59 Å².